The van der Waals surface area contributed by atoms with Crippen molar-refractivity contribution in [2.24, 2.45) is 0 Å². The van der Waals surface area contributed by atoms with Crippen LogP contribution in [0.2, 0.25) is 0 Å². The molecule has 0 atom stereocenters. The van der Waals surface area contributed by atoms with Gasteiger partial charge in [-0.15, -0.1) is 0 Å². The number of piperazine rings is 1. The summed E-state index contributed by atoms with van der Waals surface area (Å²) in [4.78, 5) is 32.8. The quantitative estimate of drug-likeness (QED) is 0.135. The van der Waals surface area contributed by atoms with Gasteiger partial charge >= 0.3 is 12.2 Å². The third-order valence-corrected chi connectivity index (χ3v) is 6.58. The normalized spacial score (nSPS) is 14.2. The van der Waals surface area contributed by atoms with Gasteiger partial charge in [0.2, 0.25) is 0 Å². The van der Waals surface area contributed by atoms with Crippen LogP contribution in [0.3, 0.4) is 0 Å². The van der Waals surface area contributed by atoms with E-state index in [4.69, 9.17) is 11.1 Å². The summed E-state index contributed by atoms with van der Waals surface area (Å²) < 4.78 is 53.3. The fraction of sp³-hybridized carbons (Fsp3) is 0.241. The lowest BCUT2D eigenvalue weighted by Gasteiger charge is -2.32. The van der Waals surface area contributed by atoms with E-state index in [1.807, 2.05) is 7.05 Å². The standard InChI is InChI=1S/C29H26F4N6O2/c1-38-9-11-39(12-10-38)17-19-6-7-21(14-23(19)27(30)40)37-28(41)20-13-18(15-36-16-20)5-8-25(34)22-3-2-4-24(26(22)35)29(31,32)33/h2-4,6-7,13-16,34H,9-12,17,35H2,1H3,(H,37,41). The molecule has 0 spiro atoms. The summed E-state index contributed by atoms with van der Waals surface area (Å²) in [6, 6.07) is 7.45. The number of carbonyl (C=O) groups excluding carboxylic acids is 2. The first-order valence-electron chi connectivity index (χ1n) is 12.5. The van der Waals surface area contributed by atoms with Gasteiger partial charge in [0.15, 0.2) is 0 Å². The van der Waals surface area contributed by atoms with E-state index in [9.17, 15) is 27.2 Å². The minimum Gasteiger partial charge on any atom is -0.398 e. The Morgan fingerprint density at radius 3 is 2.49 bits per heavy atom. The average Bonchev–Trinajstić information content (AvgIpc) is 2.93. The second-order valence-electron chi connectivity index (χ2n) is 9.53. The minimum absolute atomic E-state index is 0.0801. The maximum Gasteiger partial charge on any atom is 0.418 e. The molecule has 0 unspecified atom stereocenters. The Kier molecular flexibility index (Phi) is 8.80. The largest absolute Gasteiger partial charge is 0.418 e. The van der Waals surface area contributed by atoms with Gasteiger partial charge in [0, 0.05) is 61.9 Å². The molecule has 8 nitrogen and oxygen atoms in total. The maximum absolute atomic E-state index is 13.9. The number of rotatable bonds is 6. The van der Waals surface area contributed by atoms with E-state index in [2.05, 4.69) is 31.9 Å². The summed E-state index contributed by atoms with van der Waals surface area (Å²) in [7, 11) is 2.02. The predicted octanol–water partition coefficient (Wildman–Crippen LogP) is 4.21. The highest BCUT2D eigenvalue weighted by molar-refractivity contribution is 6.14. The molecule has 3 aromatic rings. The number of nitrogens with one attached hydrogen (secondary N) is 2. The number of carbonyl (C=O) groups is 2. The van der Waals surface area contributed by atoms with Crippen LogP contribution >= 0.6 is 0 Å². The first-order chi connectivity index (χ1) is 19.4. The number of para-hydroxylation sites is 1. The van der Waals surface area contributed by atoms with Gasteiger partial charge in [-0.3, -0.25) is 24.9 Å². The molecule has 1 saturated heterocycles. The molecule has 0 radical (unpaired) electrons. The van der Waals surface area contributed by atoms with Crippen LogP contribution in [0, 0.1) is 17.3 Å². The molecule has 1 aromatic heterocycles. The monoisotopic (exact) mass is 566 g/mol. The molecular weight excluding hydrogens is 540 g/mol. The molecule has 0 bridgehead atoms. The summed E-state index contributed by atoms with van der Waals surface area (Å²) >= 11 is 0. The zero-order chi connectivity index (χ0) is 29.7. The molecular formula is C29H26F4N6O2. The Hall–Kier alpha value is -4.60. The maximum atomic E-state index is 13.9. The van der Waals surface area contributed by atoms with Crippen molar-refractivity contribution in [3.63, 3.8) is 0 Å². The van der Waals surface area contributed by atoms with Crippen molar-refractivity contribution >= 4 is 29.0 Å². The highest BCUT2D eigenvalue weighted by Gasteiger charge is 2.33. The van der Waals surface area contributed by atoms with Crippen LogP contribution in [0.15, 0.2) is 54.9 Å². The molecule has 41 heavy (non-hydrogen) atoms. The number of nitrogens with two attached hydrogens (primary N) is 1. The number of hydrogen-bond acceptors (Lipinski definition) is 7. The van der Waals surface area contributed by atoms with Crippen molar-refractivity contribution < 1.29 is 27.2 Å². The Morgan fingerprint density at radius 1 is 1.07 bits per heavy atom. The molecule has 1 aliphatic heterocycles. The molecule has 2 aromatic carbocycles. The van der Waals surface area contributed by atoms with Crippen LogP contribution in [-0.2, 0) is 12.7 Å². The summed E-state index contributed by atoms with van der Waals surface area (Å²) in [6.07, 6.45) is -2.10. The number of likely N-dealkylation sites (N-methyl/N-ethyl adjacent to an activating group) is 1. The summed E-state index contributed by atoms with van der Waals surface area (Å²) in [6.45, 7) is 3.71. The zero-order valence-corrected chi connectivity index (χ0v) is 22.0. The van der Waals surface area contributed by atoms with E-state index in [1.54, 1.807) is 12.1 Å². The molecule has 1 amide bonds. The molecule has 1 fully saturated rings. The van der Waals surface area contributed by atoms with E-state index >= 15 is 0 Å². The van der Waals surface area contributed by atoms with Crippen LogP contribution in [0.25, 0.3) is 0 Å². The first-order valence-corrected chi connectivity index (χ1v) is 12.5. The molecule has 12 heteroatoms. The second kappa shape index (κ2) is 12.3. The summed E-state index contributed by atoms with van der Waals surface area (Å²) in [5, 5.41) is 10.7. The van der Waals surface area contributed by atoms with E-state index in [0.29, 0.717) is 12.1 Å². The van der Waals surface area contributed by atoms with Crippen molar-refractivity contribution in [1.82, 2.24) is 14.8 Å². The van der Waals surface area contributed by atoms with Gasteiger partial charge in [0.25, 0.3) is 5.91 Å². The smallest absolute Gasteiger partial charge is 0.398 e. The number of halogens is 4. The number of aromatic nitrogens is 1. The third kappa shape index (κ3) is 7.33. The molecule has 1 aliphatic rings. The van der Waals surface area contributed by atoms with Crippen molar-refractivity contribution in [2.45, 2.75) is 12.7 Å². The topological polar surface area (TPSA) is 115 Å². The average molecular weight is 567 g/mol. The van der Waals surface area contributed by atoms with Crippen molar-refractivity contribution in [2.75, 3.05) is 44.3 Å². The van der Waals surface area contributed by atoms with Gasteiger partial charge in [-0.1, -0.05) is 24.1 Å². The minimum atomic E-state index is -4.68. The van der Waals surface area contributed by atoms with Crippen molar-refractivity contribution in [1.29, 1.82) is 5.41 Å². The van der Waals surface area contributed by atoms with E-state index in [1.165, 1.54) is 30.6 Å². The Bertz CT molecular complexity index is 1550. The Labute approximate surface area is 233 Å². The van der Waals surface area contributed by atoms with Gasteiger partial charge < -0.3 is 16.0 Å². The number of benzene rings is 2. The summed E-state index contributed by atoms with van der Waals surface area (Å²) in [5.74, 6) is 4.44. The number of hydrogen-bond donors (Lipinski definition) is 3. The molecule has 4 rings (SSSR count). The van der Waals surface area contributed by atoms with E-state index in [-0.39, 0.29) is 27.9 Å². The summed E-state index contributed by atoms with van der Waals surface area (Å²) in [5.41, 5.74) is 4.22. The zero-order valence-electron chi connectivity index (χ0n) is 22.0. The van der Waals surface area contributed by atoms with Gasteiger partial charge in [-0.2, -0.15) is 17.6 Å². The molecule has 0 saturated carbocycles. The number of pyridine rings is 1. The van der Waals surface area contributed by atoms with Crippen molar-refractivity contribution in [3.05, 3.63) is 88.2 Å². The fourth-order valence-electron chi connectivity index (χ4n) is 4.29. The SMILES string of the molecule is CN1CCN(Cc2ccc(NC(=O)c3cncc(C#CC(=N)c4cccc(C(F)(F)F)c4N)c3)cc2C(=O)F)CC1. The first kappa shape index (κ1) is 29.4. The Morgan fingerprint density at radius 2 is 1.80 bits per heavy atom. The number of anilines is 2. The number of nitrogen functional groups attached to an aromatic ring is 1. The lowest BCUT2D eigenvalue weighted by Crippen LogP contribution is -2.44. The van der Waals surface area contributed by atoms with Gasteiger partial charge in [0.05, 0.1) is 22.4 Å². The Balaban J connectivity index is 1.48. The van der Waals surface area contributed by atoms with Crippen LogP contribution in [0.5, 0.6) is 0 Å². The third-order valence-electron chi connectivity index (χ3n) is 6.58. The van der Waals surface area contributed by atoms with Gasteiger partial charge in [-0.05, 0) is 42.8 Å². The van der Waals surface area contributed by atoms with Crippen LogP contribution in [0.4, 0.5) is 28.9 Å². The van der Waals surface area contributed by atoms with Crippen LogP contribution in [-0.4, -0.2) is 65.7 Å². The van der Waals surface area contributed by atoms with Crippen molar-refractivity contribution in [3.8, 4) is 11.8 Å². The van der Waals surface area contributed by atoms with Gasteiger partial charge in [0.1, 0.15) is 5.71 Å². The van der Waals surface area contributed by atoms with E-state index in [0.717, 1.165) is 38.3 Å². The van der Waals surface area contributed by atoms with E-state index < -0.39 is 35.1 Å². The fourth-order valence-corrected chi connectivity index (χ4v) is 4.29. The van der Waals surface area contributed by atoms with Crippen LogP contribution < -0.4 is 11.1 Å². The lowest BCUT2D eigenvalue weighted by atomic mass is 10.0. The number of alkyl halides is 3. The number of amides is 1. The molecule has 0 aliphatic carbocycles. The molecule has 212 valence electrons. The molecule has 2 heterocycles. The molecule has 4 N–H and O–H groups in total. The second-order valence-corrected chi connectivity index (χ2v) is 9.53. The number of nitrogens with zero attached hydrogens (tertiary/aromatic N) is 3. The van der Waals surface area contributed by atoms with Gasteiger partial charge in [-0.25, -0.2) is 0 Å². The highest BCUT2D eigenvalue weighted by atomic mass is 19.4. The lowest BCUT2D eigenvalue weighted by molar-refractivity contribution is -0.136. The predicted molar refractivity (Wildman–Crippen MR) is 146 cm³/mol. The highest BCUT2D eigenvalue weighted by Crippen LogP contribution is 2.35. The van der Waals surface area contributed by atoms with Crippen LogP contribution in [0.1, 0.15) is 43.0 Å².